The van der Waals surface area contributed by atoms with Crippen LogP contribution in [0.25, 0.3) is 11.3 Å². The van der Waals surface area contributed by atoms with Crippen molar-refractivity contribution >= 4 is 32.4 Å². The van der Waals surface area contributed by atoms with Crippen LogP contribution in [0.4, 0.5) is 5.13 Å². The van der Waals surface area contributed by atoms with E-state index in [1.165, 1.54) is 39.9 Å². The van der Waals surface area contributed by atoms with Crippen LogP contribution in [0.2, 0.25) is 0 Å². The first-order valence-corrected chi connectivity index (χ1v) is 13.7. The van der Waals surface area contributed by atoms with E-state index in [1.54, 1.807) is 27.3 Å². The molecular weight excluding hydrogens is 486 g/mol. The Kier molecular flexibility index (Phi) is 7.73. The molecule has 186 valence electrons. The Balaban J connectivity index is 1.45. The number of amides is 1. The van der Waals surface area contributed by atoms with Gasteiger partial charge in [0.15, 0.2) is 5.13 Å². The zero-order valence-corrected chi connectivity index (χ0v) is 21.6. The number of nitrogens with zero attached hydrogens (tertiary/aromatic N) is 2. The summed E-state index contributed by atoms with van der Waals surface area (Å²) in [4.78, 5) is 17.5. The van der Waals surface area contributed by atoms with Crippen LogP contribution < -0.4 is 14.8 Å². The van der Waals surface area contributed by atoms with Gasteiger partial charge in [0.2, 0.25) is 10.0 Å². The van der Waals surface area contributed by atoms with Crippen molar-refractivity contribution in [3.8, 4) is 22.8 Å². The molecule has 1 amide bonds. The first-order valence-electron chi connectivity index (χ1n) is 11.4. The summed E-state index contributed by atoms with van der Waals surface area (Å²) in [5, 5.41) is 5.04. The zero-order chi connectivity index (χ0) is 25.0. The van der Waals surface area contributed by atoms with Crippen molar-refractivity contribution in [1.29, 1.82) is 0 Å². The minimum Gasteiger partial charge on any atom is -0.497 e. The van der Waals surface area contributed by atoms with Gasteiger partial charge in [0.1, 0.15) is 11.5 Å². The molecule has 1 saturated carbocycles. The van der Waals surface area contributed by atoms with E-state index in [2.05, 4.69) is 10.3 Å². The van der Waals surface area contributed by atoms with E-state index in [0.717, 1.165) is 37.7 Å². The zero-order valence-electron chi connectivity index (χ0n) is 20.0. The molecular formula is C25H29N3O5S2. The summed E-state index contributed by atoms with van der Waals surface area (Å²) in [6, 6.07) is 11.5. The number of rotatable bonds is 8. The van der Waals surface area contributed by atoms with Gasteiger partial charge in [-0.1, -0.05) is 19.3 Å². The molecule has 0 unspecified atom stereocenters. The minimum atomic E-state index is -3.61. The molecule has 0 spiro atoms. The molecule has 4 rings (SSSR count). The van der Waals surface area contributed by atoms with Gasteiger partial charge in [0.25, 0.3) is 5.91 Å². The molecule has 1 aromatic heterocycles. The molecule has 10 heteroatoms. The van der Waals surface area contributed by atoms with Gasteiger partial charge < -0.3 is 9.47 Å². The topological polar surface area (TPSA) is 97.8 Å². The average Bonchev–Trinajstić information content (AvgIpc) is 3.36. The number of methoxy groups -OCH3 is 2. The van der Waals surface area contributed by atoms with E-state index in [-0.39, 0.29) is 16.8 Å². The van der Waals surface area contributed by atoms with E-state index in [4.69, 9.17) is 9.47 Å². The maximum atomic E-state index is 13.0. The van der Waals surface area contributed by atoms with Crippen LogP contribution in [0.15, 0.2) is 52.7 Å². The van der Waals surface area contributed by atoms with Crippen molar-refractivity contribution in [1.82, 2.24) is 9.29 Å². The smallest absolute Gasteiger partial charge is 0.257 e. The van der Waals surface area contributed by atoms with E-state index in [0.29, 0.717) is 27.9 Å². The van der Waals surface area contributed by atoms with Crippen LogP contribution in [0.1, 0.15) is 42.5 Å². The monoisotopic (exact) mass is 515 g/mol. The predicted molar refractivity (Wildman–Crippen MR) is 137 cm³/mol. The van der Waals surface area contributed by atoms with Gasteiger partial charge in [0, 0.05) is 35.7 Å². The molecule has 8 nitrogen and oxygen atoms in total. The summed E-state index contributed by atoms with van der Waals surface area (Å²) in [6.45, 7) is 0. The first-order chi connectivity index (χ1) is 16.8. The molecule has 35 heavy (non-hydrogen) atoms. The summed E-state index contributed by atoms with van der Waals surface area (Å²) in [6.07, 6.45) is 5.02. The molecule has 1 aliphatic carbocycles. The number of benzene rings is 2. The maximum Gasteiger partial charge on any atom is 0.257 e. The lowest BCUT2D eigenvalue weighted by molar-refractivity contribution is 0.102. The molecule has 0 bridgehead atoms. The van der Waals surface area contributed by atoms with Gasteiger partial charge >= 0.3 is 0 Å². The Hall–Kier alpha value is -2.95. The molecule has 3 aromatic rings. The number of thiazole rings is 1. The third-order valence-electron chi connectivity index (χ3n) is 6.29. The predicted octanol–water partition coefficient (Wildman–Crippen LogP) is 5.03. The van der Waals surface area contributed by atoms with Crippen molar-refractivity contribution in [2.24, 2.45) is 0 Å². The van der Waals surface area contributed by atoms with Gasteiger partial charge in [-0.25, -0.2) is 13.4 Å². The van der Waals surface area contributed by atoms with E-state index in [9.17, 15) is 13.2 Å². The number of nitrogens with one attached hydrogen (secondary N) is 1. The number of ether oxygens (including phenoxy) is 2. The number of carbonyl (C=O) groups is 1. The van der Waals surface area contributed by atoms with Crippen molar-refractivity contribution in [2.45, 2.75) is 43.0 Å². The Bertz CT molecular complexity index is 1280. The number of hydrogen-bond acceptors (Lipinski definition) is 7. The summed E-state index contributed by atoms with van der Waals surface area (Å²) in [5.41, 5.74) is 1.79. The van der Waals surface area contributed by atoms with Crippen LogP contribution in [0, 0.1) is 0 Å². The fourth-order valence-electron chi connectivity index (χ4n) is 4.22. The van der Waals surface area contributed by atoms with Crippen LogP contribution in [0.3, 0.4) is 0 Å². The fraction of sp³-hybridized carbons (Fsp3) is 0.360. The lowest BCUT2D eigenvalue weighted by atomic mass is 9.96. The van der Waals surface area contributed by atoms with Gasteiger partial charge in [-0.05, 0) is 49.2 Å². The third kappa shape index (κ3) is 5.50. The van der Waals surface area contributed by atoms with Crippen molar-refractivity contribution < 1.29 is 22.7 Å². The molecule has 0 radical (unpaired) electrons. The Morgan fingerprint density at radius 1 is 1.06 bits per heavy atom. The second-order valence-electron chi connectivity index (χ2n) is 8.40. The highest BCUT2D eigenvalue weighted by Gasteiger charge is 2.29. The van der Waals surface area contributed by atoms with Gasteiger partial charge in [-0.2, -0.15) is 4.31 Å². The molecule has 0 saturated heterocycles. The summed E-state index contributed by atoms with van der Waals surface area (Å²) in [7, 11) is 1.19. The number of anilines is 1. The normalized spacial score (nSPS) is 14.6. The van der Waals surface area contributed by atoms with Crippen LogP contribution >= 0.6 is 11.3 Å². The van der Waals surface area contributed by atoms with Crippen LogP contribution in [0.5, 0.6) is 11.5 Å². The molecule has 1 N–H and O–H groups in total. The van der Waals surface area contributed by atoms with Crippen molar-refractivity contribution in [3.63, 3.8) is 0 Å². The fourth-order valence-corrected chi connectivity index (χ4v) is 6.34. The van der Waals surface area contributed by atoms with Crippen LogP contribution in [-0.2, 0) is 10.0 Å². The van der Waals surface area contributed by atoms with Gasteiger partial charge in [-0.3, -0.25) is 10.1 Å². The first kappa shape index (κ1) is 25.2. The lowest BCUT2D eigenvalue weighted by Crippen LogP contribution is -2.38. The molecule has 1 aliphatic rings. The van der Waals surface area contributed by atoms with Gasteiger partial charge in [0.05, 0.1) is 24.8 Å². The highest BCUT2D eigenvalue weighted by Crippen LogP contribution is 2.35. The second-order valence-corrected chi connectivity index (χ2v) is 11.3. The summed E-state index contributed by atoms with van der Waals surface area (Å²) < 4.78 is 38.2. The van der Waals surface area contributed by atoms with Crippen LogP contribution in [-0.4, -0.2) is 50.9 Å². The molecule has 2 aromatic carbocycles. The molecule has 1 heterocycles. The maximum absolute atomic E-state index is 13.0. The van der Waals surface area contributed by atoms with E-state index in [1.807, 2.05) is 17.5 Å². The minimum absolute atomic E-state index is 0.0279. The van der Waals surface area contributed by atoms with E-state index >= 15 is 0 Å². The quantitative estimate of drug-likeness (QED) is 0.452. The third-order valence-corrected chi connectivity index (χ3v) is 8.97. The van der Waals surface area contributed by atoms with Gasteiger partial charge in [-0.15, -0.1) is 11.3 Å². The number of hydrogen-bond donors (Lipinski definition) is 1. The number of sulfonamides is 1. The average molecular weight is 516 g/mol. The number of aromatic nitrogens is 1. The standard InChI is InChI=1S/C25H29N3O5S2/c1-28(18-7-5-4-6-8-18)35(30,31)20-12-9-17(10-13-20)24(29)27-25-26-22(16-34-25)21-14-11-19(32-2)15-23(21)33-3/h9-16,18H,4-8H2,1-3H3,(H,26,27,29). The van der Waals surface area contributed by atoms with E-state index < -0.39 is 10.0 Å². The Morgan fingerprint density at radius 3 is 2.43 bits per heavy atom. The highest BCUT2D eigenvalue weighted by atomic mass is 32.2. The number of carbonyl (C=O) groups excluding carboxylic acids is 1. The van der Waals surface area contributed by atoms with Crippen molar-refractivity contribution in [2.75, 3.05) is 26.6 Å². The lowest BCUT2D eigenvalue weighted by Gasteiger charge is -2.30. The summed E-state index contributed by atoms with van der Waals surface area (Å²) in [5.74, 6) is 0.921. The van der Waals surface area contributed by atoms with Crippen molar-refractivity contribution in [3.05, 3.63) is 53.4 Å². The molecule has 0 atom stereocenters. The molecule has 1 fully saturated rings. The highest BCUT2D eigenvalue weighted by molar-refractivity contribution is 7.89. The SMILES string of the molecule is COc1ccc(-c2csc(NC(=O)c3ccc(S(=O)(=O)N(C)C4CCCCC4)cc3)n2)c(OC)c1. The molecule has 0 aliphatic heterocycles. The Labute approximate surface area is 210 Å². The second kappa shape index (κ2) is 10.8. The largest absolute Gasteiger partial charge is 0.497 e. The Morgan fingerprint density at radius 2 is 1.77 bits per heavy atom. The summed E-state index contributed by atoms with van der Waals surface area (Å²) >= 11 is 1.29.